The molecule has 34 unspecified atom stereocenters. The molecule has 8 fully saturated rings. The SMILES string of the molecule is COC1OC(OC2C(C)OC(OC3C(O)C(C)OC(OC4CC5C(=CCC6(C)C5CCC6C(C)(O)CC(=O)CC(C)C)C5(C)CCC(OS(=O)(=O)O)CC45)C3O)C(OC3OC(C)C(O)C(O)C3O)C2O)C(OC2OC(C)C(O)C(O)C2O)C(O)C1O. The number of fused-ring (bicyclic) bond motifs is 5. The summed E-state index contributed by atoms with van der Waals surface area (Å²) in [5.41, 5.74) is -1.25. The van der Waals surface area contributed by atoms with Gasteiger partial charge in [0.1, 0.15) is 97.3 Å². The van der Waals surface area contributed by atoms with Crippen molar-refractivity contribution in [2.24, 2.45) is 40.4 Å². The topological polar surface area (TPSA) is 425 Å². The predicted molar refractivity (Wildman–Crippen MR) is 290 cm³/mol. The molecule has 0 amide bonds. The first-order chi connectivity index (χ1) is 40.1. The lowest BCUT2D eigenvalue weighted by molar-refractivity contribution is -0.416. The van der Waals surface area contributed by atoms with Crippen molar-refractivity contribution in [1.29, 1.82) is 0 Å². The quantitative estimate of drug-likeness (QED) is 0.0539. The van der Waals surface area contributed by atoms with E-state index in [4.69, 9.17) is 56.3 Å². The fourth-order valence-corrected chi connectivity index (χ4v) is 16.5. The Bertz CT molecular complexity index is 2460. The van der Waals surface area contributed by atoms with Gasteiger partial charge in [-0.05, 0) is 120 Å². The summed E-state index contributed by atoms with van der Waals surface area (Å²) < 4.78 is 106. The molecule has 0 spiro atoms. The van der Waals surface area contributed by atoms with Crippen LogP contribution in [-0.4, -0.2) is 259 Å². The first kappa shape index (κ1) is 68.7. The number of Topliss-reactive ketones (excluding diaryl/α,β-unsaturated/α-hetero) is 1. The molecule has 0 bridgehead atoms. The molecular formula is C57H94O28S. The number of aliphatic hydroxyl groups is 12. The summed E-state index contributed by atoms with van der Waals surface area (Å²) in [5.74, 6) is -0.786. The molecule has 86 heavy (non-hydrogen) atoms. The van der Waals surface area contributed by atoms with Gasteiger partial charge in [0.25, 0.3) is 0 Å². The zero-order chi connectivity index (χ0) is 63.2. The third-order valence-electron chi connectivity index (χ3n) is 20.5. The minimum atomic E-state index is -4.88. The highest BCUT2D eigenvalue weighted by molar-refractivity contribution is 7.80. The highest BCUT2D eigenvalue weighted by atomic mass is 32.3. The number of ether oxygens (including phenoxy) is 11. The molecule has 0 radical (unpaired) electrons. The van der Waals surface area contributed by atoms with E-state index in [9.17, 15) is 79.0 Å². The van der Waals surface area contributed by atoms with Crippen LogP contribution in [-0.2, 0) is 71.5 Å². The summed E-state index contributed by atoms with van der Waals surface area (Å²) in [6.07, 6.45) is -38.3. The molecule has 9 rings (SSSR count). The Balaban J connectivity index is 0.996. The molecule has 0 aromatic rings. The van der Waals surface area contributed by atoms with Gasteiger partial charge in [-0.2, -0.15) is 8.42 Å². The Morgan fingerprint density at radius 3 is 1.69 bits per heavy atom. The standard InChI is InChI=1S/C57H94O28S/c1-21(2)17-26(58)20-57(9,70)33-12-11-29-28-19-32(31-18-27(85-86(71,72)73)13-15-55(31,7)30(28)14-16-56(29,33)8)79-52-44(69)46(36(61)24(5)77-52)81-53-48(83-51-41(66)38(63)35(60)23(4)76-51)43(68)45(25(6)78-53)80-54-47(39(64)42(67)49(74-10)84-54)82-50-40(65)37(62)34(59)22(3)75-50/h14,21-25,27-29,31-54,59-70H,11-13,15-20H2,1-10H3,(H,71,72,73). The first-order valence-electron chi connectivity index (χ1n) is 30.3. The van der Waals surface area contributed by atoms with Crippen LogP contribution in [0.5, 0.6) is 0 Å². The molecule has 4 aliphatic carbocycles. The van der Waals surface area contributed by atoms with Crippen molar-refractivity contribution in [1.82, 2.24) is 0 Å². The molecule has 5 heterocycles. The number of ketones is 1. The molecule has 13 N–H and O–H groups in total. The van der Waals surface area contributed by atoms with E-state index in [0.29, 0.717) is 32.1 Å². The zero-order valence-electron chi connectivity index (χ0n) is 50.3. The van der Waals surface area contributed by atoms with Crippen molar-refractivity contribution >= 4 is 16.2 Å². The summed E-state index contributed by atoms with van der Waals surface area (Å²) in [7, 11) is -3.74. The van der Waals surface area contributed by atoms with Crippen LogP contribution in [0.15, 0.2) is 11.6 Å². The van der Waals surface area contributed by atoms with E-state index in [-0.39, 0.29) is 48.7 Å². The van der Waals surface area contributed by atoms with E-state index < -0.39 is 199 Å². The lowest BCUT2D eigenvalue weighted by Gasteiger charge is -2.60. The second kappa shape index (κ2) is 26.4. The van der Waals surface area contributed by atoms with Crippen molar-refractivity contribution in [2.45, 2.75) is 292 Å². The van der Waals surface area contributed by atoms with Crippen LogP contribution in [0.25, 0.3) is 0 Å². The number of rotatable bonds is 18. The Labute approximate surface area is 500 Å². The summed E-state index contributed by atoms with van der Waals surface area (Å²) in [4.78, 5) is 13.2. The Kier molecular flexibility index (Phi) is 21.1. The van der Waals surface area contributed by atoms with Crippen molar-refractivity contribution in [3.05, 3.63) is 11.6 Å². The maximum atomic E-state index is 13.2. The molecule has 34 atom stereocenters. The third-order valence-corrected chi connectivity index (χ3v) is 21.0. The van der Waals surface area contributed by atoms with Gasteiger partial charge in [-0.25, -0.2) is 4.18 Å². The maximum Gasteiger partial charge on any atom is 0.397 e. The highest BCUT2D eigenvalue weighted by Gasteiger charge is 2.64. The van der Waals surface area contributed by atoms with Gasteiger partial charge in [-0.3, -0.25) is 9.35 Å². The van der Waals surface area contributed by atoms with Crippen LogP contribution in [0.4, 0.5) is 0 Å². The van der Waals surface area contributed by atoms with Gasteiger partial charge in [-0.1, -0.05) is 39.3 Å². The highest BCUT2D eigenvalue weighted by Crippen LogP contribution is 2.67. The lowest BCUT2D eigenvalue weighted by atomic mass is 9.47. The molecular weight excluding hydrogens is 1160 g/mol. The van der Waals surface area contributed by atoms with E-state index in [1.807, 2.05) is 13.8 Å². The molecule has 5 saturated heterocycles. The second-order valence-corrected chi connectivity index (χ2v) is 28.0. The molecule has 496 valence electrons. The van der Waals surface area contributed by atoms with E-state index in [1.54, 1.807) is 6.92 Å². The van der Waals surface area contributed by atoms with E-state index >= 15 is 0 Å². The number of hydrogen-bond donors (Lipinski definition) is 13. The monoisotopic (exact) mass is 1260 g/mol. The number of carbonyl (C=O) groups excluding carboxylic acids is 1. The van der Waals surface area contributed by atoms with Crippen LogP contribution in [0.3, 0.4) is 0 Å². The number of hydrogen-bond acceptors (Lipinski definition) is 27. The minimum absolute atomic E-state index is 0.00250. The van der Waals surface area contributed by atoms with Crippen molar-refractivity contribution in [2.75, 3.05) is 7.11 Å². The Morgan fingerprint density at radius 1 is 0.605 bits per heavy atom. The third kappa shape index (κ3) is 13.4. The van der Waals surface area contributed by atoms with Gasteiger partial charge in [0, 0.05) is 20.0 Å². The van der Waals surface area contributed by atoms with Gasteiger partial charge in [0.2, 0.25) is 0 Å². The molecule has 0 aromatic heterocycles. The van der Waals surface area contributed by atoms with Gasteiger partial charge in [0.05, 0.1) is 42.2 Å². The van der Waals surface area contributed by atoms with Crippen LogP contribution in [0.1, 0.15) is 120 Å². The lowest BCUT2D eigenvalue weighted by Crippen LogP contribution is -2.68. The van der Waals surface area contributed by atoms with Gasteiger partial charge in [-0.15, -0.1) is 0 Å². The minimum Gasteiger partial charge on any atom is -0.389 e. The maximum absolute atomic E-state index is 13.2. The number of aliphatic hydroxyl groups excluding tert-OH is 11. The molecule has 28 nitrogen and oxygen atoms in total. The smallest absolute Gasteiger partial charge is 0.389 e. The molecule has 3 saturated carbocycles. The number of methoxy groups -OCH3 is 1. The molecule has 0 aromatic carbocycles. The zero-order valence-corrected chi connectivity index (χ0v) is 51.1. The van der Waals surface area contributed by atoms with Crippen molar-refractivity contribution < 1.29 is 135 Å². The summed E-state index contributed by atoms with van der Waals surface area (Å²) in [6.45, 7) is 15.6. The Morgan fingerprint density at radius 2 is 1.12 bits per heavy atom. The van der Waals surface area contributed by atoms with Crippen LogP contribution < -0.4 is 0 Å². The first-order valence-corrected chi connectivity index (χ1v) is 31.6. The van der Waals surface area contributed by atoms with Gasteiger partial charge in [0.15, 0.2) is 37.7 Å². The fourth-order valence-electron chi connectivity index (χ4n) is 16.0. The van der Waals surface area contributed by atoms with Gasteiger partial charge < -0.3 is 113 Å². The average Bonchev–Trinajstić information content (AvgIpc) is 1.35. The Hall–Kier alpha value is -1.64. The van der Waals surface area contributed by atoms with Crippen LogP contribution in [0, 0.1) is 40.4 Å². The molecule has 5 aliphatic heterocycles. The molecule has 9 aliphatic rings. The summed E-state index contributed by atoms with van der Waals surface area (Å²) >= 11 is 0. The number of carbonyl (C=O) groups is 1. The van der Waals surface area contributed by atoms with Crippen molar-refractivity contribution in [3.8, 4) is 0 Å². The predicted octanol–water partition coefficient (Wildman–Crippen LogP) is -1.68. The van der Waals surface area contributed by atoms with E-state index in [0.717, 1.165) is 19.1 Å². The summed E-state index contributed by atoms with van der Waals surface area (Å²) in [5, 5.41) is 136. The average molecular weight is 1260 g/mol. The van der Waals surface area contributed by atoms with Crippen LogP contribution >= 0.6 is 0 Å². The normalized spacial score (nSPS) is 51.7. The fraction of sp³-hybridized carbons (Fsp3) is 0.947. The largest absolute Gasteiger partial charge is 0.397 e. The number of allylic oxidation sites excluding steroid dienone is 2. The van der Waals surface area contributed by atoms with E-state index in [1.165, 1.54) is 27.7 Å². The van der Waals surface area contributed by atoms with Gasteiger partial charge >= 0.3 is 10.4 Å². The van der Waals surface area contributed by atoms with E-state index in [2.05, 4.69) is 19.9 Å². The summed E-state index contributed by atoms with van der Waals surface area (Å²) in [6, 6.07) is 0. The van der Waals surface area contributed by atoms with Crippen LogP contribution in [0.2, 0.25) is 0 Å². The van der Waals surface area contributed by atoms with Crippen molar-refractivity contribution in [3.63, 3.8) is 0 Å². The molecule has 29 heteroatoms. The second-order valence-electron chi connectivity index (χ2n) is 27.0.